The van der Waals surface area contributed by atoms with Crippen molar-refractivity contribution >= 4 is 53.0 Å². The van der Waals surface area contributed by atoms with Gasteiger partial charge in [-0.15, -0.1) is 11.6 Å². The zero-order valence-corrected chi connectivity index (χ0v) is 25.7. The molecule has 0 spiro atoms. The summed E-state index contributed by atoms with van der Waals surface area (Å²) in [4.78, 5) is 27.3. The minimum absolute atomic E-state index is 0.173. The van der Waals surface area contributed by atoms with Crippen molar-refractivity contribution in [3.05, 3.63) is 42.5 Å². The van der Waals surface area contributed by atoms with Crippen LogP contribution in [0.4, 0.5) is 10.2 Å². The van der Waals surface area contributed by atoms with Crippen LogP contribution in [0.25, 0.3) is 11.2 Å². The highest BCUT2D eigenvalue weighted by atomic mass is 35.5. The van der Waals surface area contributed by atoms with E-state index in [0.29, 0.717) is 28.6 Å². The number of nitrogens with one attached hydrogen (secondary N) is 1. The number of anilines is 1. The van der Waals surface area contributed by atoms with Crippen molar-refractivity contribution < 1.29 is 32.8 Å². The van der Waals surface area contributed by atoms with Crippen molar-refractivity contribution in [1.29, 1.82) is 0 Å². The quantitative estimate of drug-likeness (QED) is 0.173. The summed E-state index contributed by atoms with van der Waals surface area (Å²) in [5.41, 5.74) is -0.961. The number of aliphatic hydroxyl groups is 1. The van der Waals surface area contributed by atoms with Crippen molar-refractivity contribution in [3.8, 4) is 5.75 Å². The number of aryl methyl sites for hydroxylation is 1. The monoisotopic (exact) mass is 630 g/mol. The average Bonchev–Trinajstić information content (AvgIpc) is 3.46. The minimum atomic E-state index is -3.51. The maximum absolute atomic E-state index is 15.8. The first-order valence-corrected chi connectivity index (χ1v) is 16.0. The van der Waals surface area contributed by atoms with E-state index in [2.05, 4.69) is 20.0 Å². The number of rotatable bonds is 12. The third-order valence-electron chi connectivity index (χ3n) is 6.35. The largest absolute Gasteiger partial charge is 0.465 e. The van der Waals surface area contributed by atoms with Crippen molar-refractivity contribution in [3.63, 3.8) is 0 Å². The number of para-hydroxylation sites is 1. The van der Waals surface area contributed by atoms with Gasteiger partial charge in [0.15, 0.2) is 29.4 Å². The SMILES string of the molecule is CCOC(=O)[C@H](C)N[P@@](=S)(OC[C@@]1(CCl)O[C@@H](n2cnc3c(N(C)C)nc(C)nc32)[C@H](F)[C@@H]1O)Oc1ccccc1. The van der Waals surface area contributed by atoms with Crippen LogP contribution in [-0.2, 0) is 30.6 Å². The molecule has 6 atom stereocenters. The molecular formula is C25H33ClFN6O6PS. The van der Waals surface area contributed by atoms with E-state index in [1.807, 2.05) is 14.1 Å². The number of esters is 1. The molecule has 41 heavy (non-hydrogen) atoms. The Morgan fingerprint density at radius 3 is 2.71 bits per heavy atom. The predicted octanol–water partition coefficient (Wildman–Crippen LogP) is 3.27. The molecule has 4 rings (SSSR count). The number of alkyl halides is 2. The molecule has 1 fully saturated rings. The highest BCUT2D eigenvalue weighted by Crippen LogP contribution is 2.49. The normalized spacial score (nSPS) is 24.6. The Bertz CT molecular complexity index is 1420. The Morgan fingerprint density at radius 2 is 2.07 bits per heavy atom. The highest BCUT2D eigenvalue weighted by Gasteiger charge is 2.57. The first-order valence-electron chi connectivity index (χ1n) is 12.8. The lowest BCUT2D eigenvalue weighted by Gasteiger charge is -2.33. The van der Waals surface area contributed by atoms with Gasteiger partial charge in [-0.2, -0.15) is 0 Å². The summed E-state index contributed by atoms with van der Waals surface area (Å²) in [6.07, 6.45) is -3.58. The van der Waals surface area contributed by atoms with Gasteiger partial charge in [-0.25, -0.2) is 24.4 Å². The van der Waals surface area contributed by atoms with E-state index in [1.165, 1.54) is 10.9 Å². The Hall–Kier alpha value is -2.45. The van der Waals surface area contributed by atoms with Gasteiger partial charge in [-0.1, -0.05) is 18.2 Å². The summed E-state index contributed by atoms with van der Waals surface area (Å²) in [6.45, 7) is 1.16. The fourth-order valence-corrected chi connectivity index (χ4v) is 7.00. The zero-order valence-electron chi connectivity index (χ0n) is 23.2. The van der Waals surface area contributed by atoms with Crippen LogP contribution in [0.1, 0.15) is 25.9 Å². The Balaban J connectivity index is 1.62. The van der Waals surface area contributed by atoms with Crippen LogP contribution in [0.15, 0.2) is 36.7 Å². The van der Waals surface area contributed by atoms with E-state index >= 15 is 4.39 Å². The molecule has 3 heterocycles. The van der Waals surface area contributed by atoms with Crippen LogP contribution in [0.3, 0.4) is 0 Å². The van der Waals surface area contributed by atoms with Crippen molar-refractivity contribution in [1.82, 2.24) is 24.6 Å². The van der Waals surface area contributed by atoms with Crippen LogP contribution >= 0.6 is 18.2 Å². The number of aromatic nitrogens is 4. The topological polar surface area (TPSA) is 133 Å². The van der Waals surface area contributed by atoms with E-state index in [-0.39, 0.29) is 12.5 Å². The molecule has 0 bridgehead atoms. The number of ether oxygens (including phenoxy) is 2. The number of carbonyl (C=O) groups excluding carboxylic acids is 1. The summed E-state index contributed by atoms with van der Waals surface area (Å²) in [7, 11) is 3.62. The van der Waals surface area contributed by atoms with Gasteiger partial charge in [-0.05, 0) is 44.7 Å². The Morgan fingerprint density at radius 1 is 1.37 bits per heavy atom. The number of halogens is 2. The van der Waals surface area contributed by atoms with Gasteiger partial charge >= 0.3 is 12.6 Å². The van der Waals surface area contributed by atoms with Crippen LogP contribution in [-0.4, -0.2) is 87.7 Å². The van der Waals surface area contributed by atoms with Crippen LogP contribution in [0, 0.1) is 6.92 Å². The number of nitrogens with zero attached hydrogens (tertiary/aromatic N) is 5. The van der Waals surface area contributed by atoms with Crippen molar-refractivity contribution in [2.24, 2.45) is 0 Å². The van der Waals surface area contributed by atoms with E-state index in [4.69, 9.17) is 41.9 Å². The number of benzene rings is 1. The molecule has 0 radical (unpaired) electrons. The molecule has 1 aromatic carbocycles. The van der Waals surface area contributed by atoms with E-state index in [1.54, 1.807) is 56.0 Å². The number of imidazole rings is 1. The van der Waals surface area contributed by atoms with E-state index in [0.717, 1.165) is 0 Å². The van der Waals surface area contributed by atoms with Crippen molar-refractivity contribution in [2.45, 2.75) is 50.9 Å². The van der Waals surface area contributed by atoms with Crippen LogP contribution in [0.5, 0.6) is 5.75 Å². The number of hydrogen-bond donors (Lipinski definition) is 2. The van der Waals surface area contributed by atoms with Crippen molar-refractivity contribution in [2.75, 3.05) is 38.1 Å². The zero-order chi connectivity index (χ0) is 29.9. The molecule has 3 aromatic rings. The minimum Gasteiger partial charge on any atom is -0.465 e. The number of aliphatic hydroxyl groups excluding tert-OH is 1. The fourth-order valence-electron chi connectivity index (χ4n) is 4.27. The lowest BCUT2D eigenvalue weighted by Crippen LogP contribution is -2.48. The maximum atomic E-state index is 15.8. The van der Waals surface area contributed by atoms with Gasteiger partial charge in [0.05, 0.1) is 25.4 Å². The summed E-state index contributed by atoms with van der Waals surface area (Å²) in [5.74, 6) is 0.474. The van der Waals surface area contributed by atoms with Crippen LogP contribution in [0.2, 0.25) is 0 Å². The molecule has 2 aromatic heterocycles. The highest BCUT2D eigenvalue weighted by molar-refractivity contribution is 8.09. The van der Waals surface area contributed by atoms with Gasteiger partial charge < -0.3 is 28.5 Å². The summed E-state index contributed by atoms with van der Waals surface area (Å²) < 4.78 is 40.4. The average molecular weight is 631 g/mol. The molecule has 0 unspecified atom stereocenters. The molecule has 0 amide bonds. The number of carbonyl (C=O) groups is 1. The number of fused-ring (bicyclic) bond motifs is 1. The summed E-state index contributed by atoms with van der Waals surface area (Å²) in [5, 5.41) is 14.0. The number of hydrogen-bond acceptors (Lipinski definition) is 11. The third-order valence-corrected chi connectivity index (χ3v) is 9.28. The van der Waals surface area contributed by atoms with E-state index < -0.39 is 49.4 Å². The standard InChI is InChI=1S/C25H33ClFN6O6PS/c1-6-36-24(35)15(2)31-40(41,39-17-10-8-7-9-11-17)37-13-25(12-26)20(34)18(27)23(38-25)33-14-28-19-21(32(4)5)29-16(3)30-22(19)33/h7-11,14-15,18,20,23,34H,6,12-13H2,1-5H3,(H,31,41)/t15-,18+,20-,23+,25+,40+/m0/s1. The summed E-state index contributed by atoms with van der Waals surface area (Å²) in [6, 6.07) is 7.74. The van der Waals surface area contributed by atoms with Gasteiger partial charge in [-0.3, -0.25) is 9.36 Å². The lowest BCUT2D eigenvalue weighted by atomic mass is 9.99. The van der Waals surface area contributed by atoms with Gasteiger partial charge in [0, 0.05) is 14.1 Å². The molecule has 1 aliphatic heterocycles. The fraction of sp³-hybridized carbons (Fsp3) is 0.520. The smallest absolute Gasteiger partial charge is 0.323 e. The molecular weight excluding hydrogens is 598 g/mol. The second-order valence-corrected chi connectivity index (χ2v) is 13.1. The molecule has 0 saturated carbocycles. The van der Waals surface area contributed by atoms with Crippen LogP contribution < -0.4 is 14.5 Å². The molecule has 12 nitrogen and oxygen atoms in total. The second kappa shape index (κ2) is 12.8. The first-order chi connectivity index (χ1) is 19.4. The Kier molecular flexibility index (Phi) is 9.85. The van der Waals surface area contributed by atoms with Gasteiger partial charge in [0.25, 0.3) is 0 Å². The third kappa shape index (κ3) is 6.64. The molecule has 16 heteroatoms. The Labute approximate surface area is 247 Å². The second-order valence-electron chi connectivity index (χ2n) is 9.69. The first kappa shape index (κ1) is 31.5. The van der Waals surface area contributed by atoms with Gasteiger partial charge in [0.1, 0.15) is 29.3 Å². The maximum Gasteiger partial charge on any atom is 0.323 e. The van der Waals surface area contributed by atoms with Gasteiger partial charge in [0.2, 0.25) is 0 Å². The summed E-state index contributed by atoms with van der Waals surface area (Å²) >= 11 is 12.0. The van der Waals surface area contributed by atoms with E-state index in [9.17, 15) is 9.90 Å². The molecule has 0 aliphatic carbocycles. The molecule has 1 aliphatic rings. The molecule has 224 valence electrons. The predicted molar refractivity (Wildman–Crippen MR) is 155 cm³/mol. The lowest BCUT2D eigenvalue weighted by molar-refractivity contribution is -0.144. The molecule has 1 saturated heterocycles. The molecule has 2 N–H and O–H groups in total.